The van der Waals surface area contributed by atoms with Gasteiger partial charge in [0.15, 0.2) is 0 Å². The molecule has 4 aliphatic rings. The van der Waals surface area contributed by atoms with Crippen LogP contribution in [0.5, 0.6) is 0 Å². The maximum absolute atomic E-state index is 13.0. The van der Waals surface area contributed by atoms with Crippen molar-refractivity contribution in [2.24, 2.45) is 16.2 Å². The first kappa shape index (κ1) is 19.6. The van der Waals surface area contributed by atoms with Crippen molar-refractivity contribution < 1.29 is 9.53 Å². The molecule has 1 saturated heterocycles. The van der Waals surface area contributed by atoms with Gasteiger partial charge in [0.2, 0.25) is 5.91 Å². The van der Waals surface area contributed by atoms with E-state index in [1.807, 2.05) is 0 Å². The van der Waals surface area contributed by atoms with E-state index >= 15 is 0 Å². The molecule has 0 aromatic rings. The van der Waals surface area contributed by atoms with Crippen LogP contribution in [0.25, 0.3) is 0 Å². The van der Waals surface area contributed by atoms with Crippen molar-refractivity contribution in [1.29, 1.82) is 0 Å². The molecule has 3 saturated carbocycles. The molecule has 24 heavy (non-hydrogen) atoms. The minimum absolute atomic E-state index is 0.0277. The summed E-state index contributed by atoms with van der Waals surface area (Å²) >= 11 is 11.3. The first-order valence-corrected chi connectivity index (χ1v) is 11.6. The molecule has 3 unspecified atom stereocenters. The second kappa shape index (κ2) is 7.10. The summed E-state index contributed by atoms with van der Waals surface area (Å²) in [6, 6.07) is 0. The van der Waals surface area contributed by atoms with Gasteiger partial charge in [-0.15, -0.1) is 0 Å². The molecule has 4 rings (SSSR count). The van der Waals surface area contributed by atoms with E-state index in [0.717, 1.165) is 58.7 Å². The van der Waals surface area contributed by atoms with Crippen molar-refractivity contribution in [2.45, 2.75) is 41.7 Å². The summed E-state index contributed by atoms with van der Waals surface area (Å²) in [5.74, 6) is 0.227. The number of amides is 1. The van der Waals surface area contributed by atoms with Gasteiger partial charge in [0, 0.05) is 29.9 Å². The van der Waals surface area contributed by atoms with Gasteiger partial charge in [-0.25, -0.2) is 0 Å². The molecule has 0 radical (unpaired) electrons. The second-order valence-corrected chi connectivity index (χ2v) is 11.8. The lowest BCUT2D eigenvalue weighted by atomic mass is 9.43. The molecule has 1 amide bonds. The number of hydrogen-bond acceptors (Lipinski definition) is 3. The molecule has 138 valence electrons. The molecule has 2 bridgehead atoms. The predicted molar refractivity (Wildman–Crippen MR) is 107 cm³/mol. The Labute approximate surface area is 170 Å². The average molecular weight is 531 g/mol. The van der Waals surface area contributed by atoms with Crippen molar-refractivity contribution >= 4 is 53.7 Å². The van der Waals surface area contributed by atoms with Crippen molar-refractivity contribution in [2.75, 3.05) is 39.4 Å². The van der Waals surface area contributed by atoms with E-state index in [0.29, 0.717) is 0 Å². The fourth-order valence-corrected chi connectivity index (χ4v) is 10.1. The molecule has 3 atom stereocenters. The number of ether oxygens (including phenoxy) is 1. The molecule has 0 aromatic heterocycles. The lowest BCUT2D eigenvalue weighted by Crippen LogP contribution is -2.72. The van der Waals surface area contributed by atoms with E-state index in [9.17, 15) is 4.79 Å². The number of rotatable bonds is 6. The lowest BCUT2D eigenvalue weighted by molar-refractivity contribution is -0.161. The number of nitrogens with one attached hydrogen (secondary N) is 1. The quantitative estimate of drug-likeness (QED) is 0.422. The van der Waals surface area contributed by atoms with Crippen molar-refractivity contribution in [3.05, 3.63) is 0 Å². The highest BCUT2D eigenvalue weighted by molar-refractivity contribution is 9.24. The zero-order valence-electron chi connectivity index (χ0n) is 14.4. The minimum Gasteiger partial charge on any atom is -0.379 e. The Morgan fingerprint density at radius 2 is 1.96 bits per heavy atom. The van der Waals surface area contributed by atoms with Crippen LogP contribution < -0.4 is 5.32 Å². The second-order valence-electron chi connectivity index (χ2n) is 7.86. The normalized spacial score (nSPS) is 38.2. The minimum atomic E-state index is -0.286. The number of carbonyl (C=O) groups is 1. The fourth-order valence-electron chi connectivity index (χ4n) is 5.19. The Bertz CT molecular complexity index is 496. The Hall–Kier alpha value is 0.830. The van der Waals surface area contributed by atoms with Crippen LogP contribution in [0.2, 0.25) is 0 Å². The summed E-state index contributed by atoms with van der Waals surface area (Å²) in [5, 5.41) is 3.23. The van der Waals surface area contributed by atoms with Gasteiger partial charge >= 0.3 is 0 Å². The van der Waals surface area contributed by atoms with Crippen LogP contribution in [0.1, 0.15) is 33.1 Å². The first-order chi connectivity index (χ1) is 11.3. The summed E-state index contributed by atoms with van der Waals surface area (Å²) in [6.07, 6.45) is 3.02. The fraction of sp³-hybridized carbons (Fsp3) is 0.941. The van der Waals surface area contributed by atoms with Gasteiger partial charge in [-0.05, 0) is 31.2 Å². The smallest absolute Gasteiger partial charge is 0.227 e. The molecular weight excluding hydrogens is 504 g/mol. The molecule has 3 aliphatic carbocycles. The van der Waals surface area contributed by atoms with E-state index in [4.69, 9.17) is 4.74 Å². The number of halogens is 3. The van der Waals surface area contributed by atoms with Gasteiger partial charge in [0.1, 0.15) is 0 Å². The molecule has 7 heteroatoms. The van der Waals surface area contributed by atoms with Crippen molar-refractivity contribution in [1.82, 2.24) is 10.2 Å². The number of carbonyl (C=O) groups excluding carboxylic acids is 1. The third-order valence-electron chi connectivity index (χ3n) is 6.93. The standard InChI is InChI=1S/C17H27Br3N2O2/c1-15(2)16(13(19)20)4-5-17(15,12(16)18)14(23)21-6-3-7-22-8-10-24-11-9-22/h12-13H,3-11H2,1-2H3,(H,21,23). The Morgan fingerprint density at radius 1 is 1.29 bits per heavy atom. The van der Waals surface area contributed by atoms with Crippen molar-refractivity contribution in [3.8, 4) is 0 Å². The van der Waals surface area contributed by atoms with Gasteiger partial charge in [-0.3, -0.25) is 9.69 Å². The van der Waals surface area contributed by atoms with Crippen LogP contribution in [0.15, 0.2) is 0 Å². The number of nitrogens with zero attached hydrogens (tertiary/aromatic N) is 1. The Morgan fingerprint density at radius 3 is 2.50 bits per heavy atom. The van der Waals surface area contributed by atoms with Gasteiger partial charge in [0.25, 0.3) is 0 Å². The number of morpholine rings is 1. The third-order valence-corrected chi connectivity index (χ3v) is 10.2. The monoisotopic (exact) mass is 528 g/mol. The highest BCUT2D eigenvalue weighted by Gasteiger charge is 2.83. The lowest BCUT2D eigenvalue weighted by Gasteiger charge is -2.66. The summed E-state index contributed by atoms with van der Waals surface area (Å²) in [5.41, 5.74) is -0.218. The molecule has 1 aliphatic heterocycles. The molecule has 0 spiro atoms. The van der Waals surface area contributed by atoms with Crippen LogP contribution in [0.3, 0.4) is 0 Å². The van der Waals surface area contributed by atoms with Gasteiger partial charge in [-0.1, -0.05) is 61.6 Å². The number of hydrogen-bond donors (Lipinski definition) is 1. The zero-order chi connectivity index (χ0) is 17.6. The maximum atomic E-state index is 13.0. The summed E-state index contributed by atoms with van der Waals surface area (Å²) < 4.78 is 5.59. The van der Waals surface area contributed by atoms with Gasteiger partial charge < -0.3 is 10.1 Å². The highest BCUT2D eigenvalue weighted by Crippen LogP contribution is 2.82. The third kappa shape index (κ3) is 2.59. The van der Waals surface area contributed by atoms with Crippen LogP contribution in [-0.4, -0.2) is 58.8 Å². The first-order valence-electron chi connectivity index (χ1n) is 8.81. The molecule has 1 N–H and O–H groups in total. The molecule has 1 heterocycles. The van der Waals surface area contributed by atoms with Gasteiger partial charge in [-0.2, -0.15) is 0 Å². The number of fused-ring (bicyclic) bond motifs is 1. The zero-order valence-corrected chi connectivity index (χ0v) is 19.2. The average Bonchev–Trinajstić information content (AvgIpc) is 3.02. The van der Waals surface area contributed by atoms with E-state index < -0.39 is 0 Å². The largest absolute Gasteiger partial charge is 0.379 e. The van der Waals surface area contributed by atoms with E-state index in [-0.39, 0.29) is 30.7 Å². The van der Waals surface area contributed by atoms with Crippen LogP contribution in [-0.2, 0) is 9.53 Å². The highest BCUT2D eigenvalue weighted by atomic mass is 79.9. The Balaban J connectivity index is 1.54. The number of alkyl halides is 3. The summed E-state index contributed by atoms with van der Waals surface area (Å²) in [4.78, 5) is 15.7. The molecule has 4 fully saturated rings. The Kier molecular flexibility index (Phi) is 5.79. The topological polar surface area (TPSA) is 41.6 Å². The maximum Gasteiger partial charge on any atom is 0.227 e. The molecule has 4 nitrogen and oxygen atoms in total. The van der Waals surface area contributed by atoms with Crippen LogP contribution in [0, 0.1) is 16.2 Å². The summed E-state index contributed by atoms with van der Waals surface area (Å²) in [6.45, 7) is 9.97. The van der Waals surface area contributed by atoms with Crippen molar-refractivity contribution in [3.63, 3.8) is 0 Å². The van der Waals surface area contributed by atoms with Crippen LogP contribution in [0.4, 0.5) is 0 Å². The van der Waals surface area contributed by atoms with E-state index in [1.54, 1.807) is 0 Å². The van der Waals surface area contributed by atoms with E-state index in [1.165, 1.54) is 0 Å². The predicted octanol–water partition coefficient (Wildman–Crippen LogP) is 3.51. The van der Waals surface area contributed by atoms with Crippen LogP contribution >= 0.6 is 47.8 Å². The van der Waals surface area contributed by atoms with E-state index in [2.05, 4.69) is 71.9 Å². The van der Waals surface area contributed by atoms with Gasteiger partial charge in [0.05, 0.1) is 22.4 Å². The SMILES string of the molecule is CC1(C)C2(C(=O)NCCCN3CCOCC3)CCC1(C(Br)Br)C2Br. The molecule has 0 aromatic carbocycles. The molecular formula is C17H27Br3N2O2. The summed E-state index contributed by atoms with van der Waals surface area (Å²) in [7, 11) is 0.